The van der Waals surface area contributed by atoms with E-state index in [-0.39, 0.29) is 18.7 Å². The number of aromatic nitrogens is 2. The molecule has 1 heterocycles. The van der Waals surface area contributed by atoms with Gasteiger partial charge in [-0.2, -0.15) is 0 Å². The minimum absolute atomic E-state index is 0.167. The second-order valence-corrected chi connectivity index (χ2v) is 7.56. The Balaban J connectivity index is 1.77. The van der Waals surface area contributed by atoms with E-state index in [1.165, 1.54) is 0 Å². The topological polar surface area (TPSA) is 44.1 Å². The Labute approximate surface area is 182 Å². The summed E-state index contributed by atoms with van der Waals surface area (Å²) in [5.41, 5.74) is 1.05. The fourth-order valence-corrected chi connectivity index (χ4v) is 3.74. The van der Waals surface area contributed by atoms with E-state index in [1.807, 2.05) is 24.3 Å². The molecule has 0 aliphatic heterocycles. The average Bonchev–Trinajstić information content (AvgIpc) is 2.71. The summed E-state index contributed by atoms with van der Waals surface area (Å²) in [6, 6.07) is 19.5. The van der Waals surface area contributed by atoms with Crippen molar-refractivity contribution in [2.75, 3.05) is 6.61 Å². The molecule has 4 nitrogen and oxygen atoms in total. The zero-order chi connectivity index (χ0) is 20.4. The van der Waals surface area contributed by atoms with E-state index >= 15 is 0 Å². The van der Waals surface area contributed by atoms with E-state index in [2.05, 4.69) is 0 Å². The Bertz CT molecular complexity index is 1250. The van der Waals surface area contributed by atoms with Crippen LogP contribution in [-0.2, 0) is 6.54 Å². The quantitative estimate of drug-likeness (QED) is 0.373. The summed E-state index contributed by atoms with van der Waals surface area (Å²) in [5, 5.41) is 1.97. The first-order chi connectivity index (χ1) is 14.0. The van der Waals surface area contributed by atoms with Crippen molar-refractivity contribution in [3.8, 4) is 17.1 Å². The molecule has 146 valence electrons. The Morgan fingerprint density at radius 3 is 2.45 bits per heavy atom. The van der Waals surface area contributed by atoms with Gasteiger partial charge in [-0.3, -0.25) is 9.36 Å². The van der Waals surface area contributed by atoms with Crippen molar-refractivity contribution < 1.29 is 4.74 Å². The molecular formula is C22H15Cl3N2O2. The van der Waals surface area contributed by atoms with E-state index in [4.69, 9.17) is 44.5 Å². The number of para-hydroxylation sites is 2. The van der Waals surface area contributed by atoms with E-state index in [0.29, 0.717) is 43.1 Å². The summed E-state index contributed by atoms with van der Waals surface area (Å²) in [5.74, 6) is 1.01. The molecule has 0 fully saturated rings. The predicted octanol–water partition coefficient (Wildman–Crippen LogP) is 6.10. The molecule has 0 saturated carbocycles. The van der Waals surface area contributed by atoms with Gasteiger partial charge in [-0.15, -0.1) is 0 Å². The van der Waals surface area contributed by atoms with Crippen LogP contribution in [0.1, 0.15) is 0 Å². The molecule has 0 N–H and O–H groups in total. The number of halogens is 3. The normalized spacial score (nSPS) is 11.0. The van der Waals surface area contributed by atoms with Crippen LogP contribution >= 0.6 is 34.8 Å². The number of hydrogen-bond acceptors (Lipinski definition) is 3. The van der Waals surface area contributed by atoms with Crippen molar-refractivity contribution in [3.63, 3.8) is 0 Å². The summed E-state index contributed by atoms with van der Waals surface area (Å²) < 4.78 is 7.34. The molecule has 0 amide bonds. The van der Waals surface area contributed by atoms with Crippen LogP contribution in [0, 0.1) is 0 Å². The smallest absolute Gasteiger partial charge is 0.261 e. The van der Waals surface area contributed by atoms with Gasteiger partial charge in [-0.25, -0.2) is 4.98 Å². The lowest BCUT2D eigenvalue weighted by atomic mass is 10.1. The van der Waals surface area contributed by atoms with E-state index in [1.54, 1.807) is 47.0 Å². The van der Waals surface area contributed by atoms with Gasteiger partial charge in [0.15, 0.2) is 0 Å². The standard InChI is InChI=1S/C22H15Cl3N2O2/c23-14-9-10-15(18(25)13-14)21-26-19-7-3-1-5-16(19)22(28)27(21)11-12-29-20-8-4-2-6-17(20)24/h1-10,13H,11-12H2. The van der Waals surface area contributed by atoms with Gasteiger partial charge in [-0.05, 0) is 42.5 Å². The summed E-state index contributed by atoms with van der Waals surface area (Å²) in [6.07, 6.45) is 0. The molecule has 0 aliphatic rings. The molecule has 7 heteroatoms. The SMILES string of the molecule is O=c1c2ccccc2nc(-c2ccc(Cl)cc2Cl)n1CCOc1ccccc1Cl. The first-order valence-corrected chi connectivity index (χ1v) is 10.0. The number of benzene rings is 3. The van der Waals surface area contributed by atoms with Gasteiger partial charge in [0.25, 0.3) is 5.56 Å². The molecule has 29 heavy (non-hydrogen) atoms. The van der Waals surface area contributed by atoms with E-state index < -0.39 is 0 Å². The number of fused-ring (bicyclic) bond motifs is 1. The Morgan fingerprint density at radius 1 is 0.897 bits per heavy atom. The Kier molecular flexibility index (Phi) is 5.76. The molecule has 0 saturated heterocycles. The predicted molar refractivity (Wildman–Crippen MR) is 118 cm³/mol. The van der Waals surface area contributed by atoms with Crippen LogP contribution in [0.5, 0.6) is 5.75 Å². The van der Waals surface area contributed by atoms with Gasteiger partial charge >= 0.3 is 0 Å². The minimum Gasteiger partial charge on any atom is -0.490 e. The molecule has 0 aliphatic carbocycles. The molecule has 0 unspecified atom stereocenters. The zero-order valence-electron chi connectivity index (χ0n) is 15.1. The van der Waals surface area contributed by atoms with E-state index in [9.17, 15) is 4.79 Å². The highest BCUT2D eigenvalue weighted by atomic mass is 35.5. The lowest BCUT2D eigenvalue weighted by Gasteiger charge is -2.15. The fourth-order valence-electron chi connectivity index (χ4n) is 3.06. The molecule has 0 atom stereocenters. The van der Waals surface area contributed by atoms with Crippen LogP contribution in [0.2, 0.25) is 15.1 Å². The van der Waals surface area contributed by atoms with Gasteiger partial charge in [0.1, 0.15) is 18.2 Å². The second-order valence-electron chi connectivity index (χ2n) is 6.31. The zero-order valence-corrected chi connectivity index (χ0v) is 17.4. The summed E-state index contributed by atoms with van der Waals surface area (Å²) in [4.78, 5) is 17.9. The van der Waals surface area contributed by atoms with Gasteiger partial charge in [-0.1, -0.05) is 59.1 Å². The molecule has 1 aromatic heterocycles. The summed E-state index contributed by atoms with van der Waals surface area (Å²) >= 11 is 18.6. The molecule has 3 aromatic carbocycles. The largest absolute Gasteiger partial charge is 0.490 e. The maximum Gasteiger partial charge on any atom is 0.261 e. The van der Waals surface area contributed by atoms with Crippen molar-refractivity contribution >= 4 is 45.7 Å². The third-order valence-corrected chi connectivity index (χ3v) is 5.30. The fraction of sp³-hybridized carbons (Fsp3) is 0.0909. The summed E-state index contributed by atoms with van der Waals surface area (Å²) in [6.45, 7) is 0.512. The maximum atomic E-state index is 13.2. The minimum atomic E-state index is -0.167. The number of nitrogens with zero attached hydrogens (tertiary/aromatic N) is 2. The highest BCUT2D eigenvalue weighted by Crippen LogP contribution is 2.30. The molecule has 4 aromatic rings. The van der Waals surface area contributed by atoms with Gasteiger partial charge in [0, 0.05) is 10.6 Å². The molecule has 0 bridgehead atoms. The van der Waals surface area contributed by atoms with Gasteiger partial charge in [0.05, 0.1) is 27.5 Å². The number of hydrogen-bond donors (Lipinski definition) is 0. The highest BCUT2D eigenvalue weighted by molar-refractivity contribution is 6.36. The van der Waals surface area contributed by atoms with Crippen LogP contribution in [0.15, 0.2) is 71.5 Å². The number of ether oxygens (including phenoxy) is 1. The third kappa shape index (κ3) is 4.10. The third-order valence-electron chi connectivity index (χ3n) is 4.44. The van der Waals surface area contributed by atoms with Crippen LogP contribution < -0.4 is 10.3 Å². The van der Waals surface area contributed by atoms with Crippen LogP contribution in [-0.4, -0.2) is 16.2 Å². The van der Waals surface area contributed by atoms with Crippen molar-refractivity contribution in [2.24, 2.45) is 0 Å². The number of rotatable bonds is 5. The van der Waals surface area contributed by atoms with Crippen molar-refractivity contribution in [1.29, 1.82) is 0 Å². The van der Waals surface area contributed by atoms with Crippen LogP contribution in [0.25, 0.3) is 22.3 Å². The average molecular weight is 446 g/mol. The molecule has 0 radical (unpaired) electrons. The Morgan fingerprint density at radius 2 is 1.66 bits per heavy atom. The van der Waals surface area contributed by atoms with Crippen LogP contribution in [0.3, 0.4) is 0 Å². The van der Waals surface area contributed by atoms with Crippen LogP contribution in [0.4, 0.5) is 0 Å². The maximum absolute atomic E-state index is 13.2. The highest BCUT2D eigenvalue weighted by Gasteiger charge is 2.15. The lowest BCUT2D eigenvalue weighted by molar-refractivity contribution is 0.297. The Hall–Kier alpha value is -2.53. The second kappa shape index (κ2) is 8.46. The van der Waals surface area contributed by atoms with Crippen molar-refractivity contribution in [3.05, 3.63) is 92.2 Å². The first kappa shape index (κ1) is 19.8. The van der Waals surface area contributed by atoms with Gasteiger partial charge < -0.3 is 4.74 Å². The monoisotopic (exact) mass is 444 g/mol. The molecule has 0 spiro atoms. The van der Waals surface area contributed by atoms with Gasteiger partial charge in [0.2, 0.25) is 0 Å². The van der Waals surface area contributed by atoms with Crippen molar-refractivity contribution in [1.82, 2.24) is 9.55 Å². The van der Waals surface area contributed by atoms with Crippen molar-refractivity contribution in [2.45, 2.75) is 6.54 Å². The lowest BCUT2D eigenvalue weighted by Crippen LogP contribution is -2.26. The molecule has 4 rings (SSSR count). The van der Waals surface area contributed by atoms with E-state index in [0.717, 1.165) is 0 Å². The summed E-state index contributed by atoms with van der Waals surface area (Å²) in [7, 11) is 0. The first-order valence-electron chi connectivity index (χ1n) is 8.87. The molecular weight excluding hydrogens is 431 g/mol.